The van der Waals surface area contributed by atoms with E-state index in [0.717, 1.165) is 77.2 Å². The van der Waals surface area contributed by atoms with E-state index in [1.165, 1.54) is 11.1 Å². The Labute approximate surface area is 322 Å². The molecule has 5 nitrogen and oxygen atoms in total. The predicted molar refractivity (Wildman–Crippen MR) is 229 cm³/mol. The lowest BCUT2D eigenvalue weighted by Gasteiger charge is -2.10. The first-order valence-electron chi connectivity index (χ1n) is 18.8. The van der Waals surface area contributed by atoms with E-state index in [0.29, 0.717) is 17.5 Å². The molecular formula is C51H32N4O. The molecule has 3 heterocycles. The van der Waals surface area contributed by atoms with E-state index in [2.05, 4.69) is 156 Å². The molecule has 11 rings (SSSR count). The van der Waals surface area contributed by atoms with Gasteiger partial charge in [-0.1, -0.05) is 140 Å². The number of benzene rings is 8. The van der Waals surface area contributed by atoms with Gasteiger partial charge in [0, 0.05) is 43.9 Å². The minimum atomic E-state index is 0.625. The summed E-state index contributed by atoms with van der Waals surface area (Å²) in [6.07, 6.45) is 0. The van der Waals surface area contributed by atoms with Crippen molar-refractivity contribution in [2.75, 3.05) is 0 Å². The Morgan fingerprint density at radius 2 is 0.750 bits per heavy atom. The van der Waals surface area contributed by atoms with Crippen LogP contribution in [0.25, 0.3) is 106 Å². The van der Waals surface area contributed by atoms with Gasteiger partial charge < -0.3 is 8.98 Å². The lowest BCUT2D eigenvalue weighted by molar-refractivity contribution is 0.669. The number of furan rings is 1. The third-order valence-corrected chi connectivity index (χ3v) is 10.7. The summed E-state index contributed by atoms with van der Waals surface area (Å²) in [5.41, 5.74) is 12.5. The fraction of sp³-hybridized carbons (Fsp3) is 0. The maximum Gasteiger partial charge on any atom is 0.164 e. The van der Waals surface area contributed by atoms with Crippen molar-refractivity contribution >= 4 is 43.7 Å². The number of hydrogen-bond donors (Lipinski definition) is 0. The van der Waals surface area contributed by atoms with Crippen molar-refractivity contribution in [3.8, 4) is 62.1 Å². The minimum absolute atomic E-state index is 0.625. The molecule has 0 atom stereocenters. The van der Waals surface area contributed by atoms with Gasteiger partial charge in [0.15, 0.2) is 17.5 Å². The second-order valence-electron chi connectivity index (χ2n) is 14.1. The van der Waals surface area contributed by atoms with Crippen molar-refractivity contribution in [2.45, 2.75) is 0 Å². The Morgan fingerprint density at radius 1 is 0.304 bits per heavy atom. The van der Waals surface area contributed by atoms with Crippen LogP contribution in [0.1, 0.15) is 0 Å². The largest absolute Gasteiger partial charge is 0.456 e. The molecule has 3 aromatic heterocycles. The fourth-order valence-electron chi connectivity index (χ4n) is 7.90. The molecule has 0 saturated heterocycles. The molecule has 5 heteroatoms. The van der Waals surface area contributed by atoms with Crippen LogP contribution in [-0.2, 0) is 0 Å². The van der Waals surface area contributed by atoms with Gasteiger partial charge in [-0.2, -0.15) is 0 Å². The Bertz CT molecular complexity index is 3220. The molecule has 56 heavy (non-hydrogen) atoms. The molecule has 11 aromatic rings. The van der Waals surface area contributed by atoms with Crippen LogP contribution < -0.4 is 0 Å². The Morgan fingerprint density at radius 3 is 1.45 bits per heavy atom. The van der Waals surface area contributed by atoms with E-state index >= 15 is 0 Å². The molecule has 262 valence electrons. The molecule has 0 amide bonds. The lowest BCUT2D eigenvalue weighted by atomic mass is 10.0. The third-order valence-electron chi connectivity index (χ3n) is 10.7. The summed E-state index contributed by atoms with van der Waals surface area (Å²) in [7, 11) is 0. The zero-order valence-electron chi connectivity index (χ0n) is 30.2. The Balaban J connectivity index is 1.05. The van der Waals surface area contributed by atoms with Crippen LogP contribution in [0.3, 0.4) is 0 Å². The quantitative estimate of drug-likeness (QED) is 0.172. The molecule has 0 unspecified atom stereocenters. The highest BCUT2D eigenvalue weighted by atomic mass is 16.3. The van der Waals surface area contributed by atoms with Crippen LogP contribution in [0.2, 0.25) is 0 Å². The molecule has 0 aliphatic carbocycles. The predicted octanol–water partition coefficient (Wildman–Crippen LogP) is 13.2. The minimum Gasteiger partial charge on any atom is -0.456 e. The standard InChI is InChI=1S/C51H32N4O/c1-4-12-33(13-5-1)35-20-22-37(23-21-35)50-52-49(36-16-8-3-9-17-36)53-51(54-50)39-24-27-46-42(31-39)41-18-10-11-19-45(41)55(46)40-26-29-48-44(32-40)43-30-38(25-28-47(43)56-48)34-14-6-2-7-15-34/h1-32H. The Kier molecular flexibility index (Phi) is 7.42. The molecular weight excluding hydrogens is 685 g/mol. The highest BCUT2D eigenvalue weighted by molar-refractivity contribution is 6.11. The summed E-state index contributed by atoms with van der Waals surface area (Å²) in [5, 5.41) is 4.46. The summed E-state index contributed by atoms with van der Waals surface area (Å²) in [6, 6.07) is 67.5. The van der Waals surface area contributed by atoms with Crippen molar-refractivity contribution in [1.82, 2.24) is 19.5 Å². The van der Waals surface area contributed by atoms with E-state index in [1.807, 2.05) is 42.5 Å². The van der Waals surface area contributed by atoms with E-state index in [9.17, 15) is 0 Å². The SMILES string of the molecule is c1ccc(-c2ccc(-c3nc(-c4ccccc4)nc(-c4ccc5c(c4)c4ccccc4n5-c4ccc5oc6ccc(-c7ccccc7)cc6c5c4)n3)cc2)cc1. The van der Waals surface area contributed by atoms with Crippen LogP contribution in [0.4, 0.5) is 0 Å². The lowest BCUT2D eigenvalue weighted by Crippen LogP contribution is -2.00. The van der Waals surface area contributed by atoms with Gasteiger partial charge in [-0.15, -0.1) is 0 Å². The van der Waals surface area contributed by atoms with Gasteiger partial charge in [0.1, 0.15) is 11.2 Å². The molecule has 0 radical (unpaired) electrons. The molecule has 0 aliphatic heterocycles. The molecule has 8 aromatic carbocycles. The molecule has 0 bridgehead atoms. The van der Waals surface area contributed by atoms with E-state index in [-0.39, 0.29) is 0 Å². The first-order chi connectivity index (χ1) is 27.7. The van der Waals surface area contributed by atoms with Crippen molar-refractivity contribution in [3.05, 3.63) is 194 Å². The molecule has 0 fully saturated rings. The summed E-state index contributed by atoms with van der Waals surface area (Å²) in [5.74, 6) is 1.89. The smallest absolute Gasteiger partial charge is 0.164 e. The van der Waals surface area contributed by atoms with Gasteiger partial charge in [-0.3, -0.25) is 0 Å². The maximum atomic E-state index is 6.34. The van der Waals surface area contributed by atoms with Crippen LogP contribution in [0.5, 0.6) is 0 Å². The first kappa shape index (κ1) is 31.9. The average molecular weight is 717 g/mol. The van der Waals surface area contributed by atoms with E-state index < -0.39 is 0 Å². The molecule has 0 saturated carbocycles. The van der Waals surface area contributed by atoms with Gasteiger partial charge in [0.2, 0.25) is 0 Å². The molecule has 0 aliphatic rings. The van der Waals surface area contributed by atoms with Crippen LogP contribution >= 0.6 is 0 Å². The van der Waals surface area contributed by atoms with Gasteiger partial charge in [0.05, 0.1) is 11.0 Å². The molecule has 0 spiro atoms. The first-order valence-corrected chi connectivity index (χ1v) is 18.8. The van der Waals surface area contributed by atoms with E-state index in [1.54, 1.807) is 0 Å². The maximum absolute atomic E-state index is 6.34. The average Bonchev–Trinajstić information content (AvgIpc) is 3.81. The van der Waals surface area contributed by atoms with Crippen LogP contribution in [0.15, 0.2) is 199 Å². The normalized spacial score (nSPS) is 11.6. The van der Waals surface area contributed by atoms with Gasteiger partial charge in [-0.25, -0.2) is 15.0 Å². The van der Waals surface area contributed by atoms with Crippen LogP contribution in [0, 0.1) is 0 Å². The van der Waals surface area contributed by atoms with Crippen molar-refractivity contribution in [3.63, 3.8) is 0 Å². The topological polar surface area (TPSA) is 56.7 Å². The zero-order valence-corrected chi connectivity index (χ0v) is 30.2. The highest BCUT2D eigenvalue weighted by Gasteiger charge is 2.18. The number of rotatable bonds is 6. The second kappa shape index (κ2) is 13.0. The third kappa shape index (κ3) is 5.45. The van der Waals surface area contributed by atoms with E-state index in [4.69, 9.17) is 19.4 Å². The fourth-order valence-corrected chi connectivity index (χ4v) is 7.90. The summed E-state index contributed by atoms with van der Waals surface area (Å²) in [6.45, 7) is 0. The summed E-state index contributed by atoms with van der Waals surface area (Å²) < 4.78 is 8.68. The van der Waals surface area contributed by atoms with Crippen molar-refractivity contribution in [1.29, 1.82) is 0 Å². The number of aromatic nitrogens is 4. The van der Waals surface area contributed by atoms with Crippen molar-refractivity contribution < 1.29 is 4.42 Å². The summed E-state index contributed by atoms with van der Waals surface area (Å²) >= 11 is 0. The number of para-hydroxylation sites is 1. The number of fused-ring (bicyclic) bond motifs is 6. The molecule has 0 N–H and O–H groups in total. The number of nitrogens with zero attached hydrogens (tertiary/aromatic N) is 4. The van der Waals surface area contributed by atoms with Gasteiger partial charge in [0.25, 0.3) is 0 Å². The zero-order chi connectivity index (χ0) is 37.0. The highest BCUT2D eigenvalue weighted by Crippen LogP contribution is 2.38. The van der Waals surface area contributed by atoms with Gasteiger partial charge in [-0.05, 0) is 76.9 Å². The monoisotopic (exact) mass is 716 g/mol. The summed E-state index contributed by atoms with van der Waals surface area (Å²) in [4.78, 5) is 15.2. The number of hydrogen-bond acceptors (Lipinski definition) is 4. The van der Waals surface area contributed by atoms with Crippen LogP contribution in [-0.4, -0.2) is 19.5 Å². The van der Waals surface area contributed by atoms with Gasteiger partial charge >= 0.3 is 0 Å². The Hall–Kier alpha value is -7.63. The second-order valence-corrected chi connectivity index (χ2v) is 14.1. The van der Waals surface area contributed by atoms with Crippen molar-refractivity contribution in [2.24, 2.45) is 0 Å².